The summed E-state index contributed by atoms with van der Waals surface area (Å²) in [6, 6.07) is 16.0. The lowest BCUT2D eigenvalue weighted by Crippen LogP contribution is -2.39. The highest BCUT2D eigenvalue weighted by Crippen LogP contribution is 2.36. The summed E-state index contributed by atoms with van der Waals surface area (Å²) in [5.74, 6) is -0.724. The number of rotatable bonds is 4. The summed E-state index contributed by atoms with van der Waals surface area (Å²) in [6.45, 7) is 2.90. The van der Waals surface area contributed by atoms with Crippen LogP contribution in [0, 0.1) is 6.92 Å². The molecule has 0 spiro atoms. The maximum atomic E-state index is 11.7. The Kier molecular flexibility index (Phi) is 4.83. The number of carboxylic acid groups (broad SMARTS) is 1. The molecule has 1 heterocycles. The Balaban J connectivity index is 2.08. The molecular weight excluding hydrogens is 354 g/mol. The van der Waals surface area contributed by atoms with Gasteiger partial charge in [0.25, 0.3) is 0 Å². The molecule has 0 aromatic heterocycles. The molecule has 2 aromatic rings. The zero-order chi connectivity index (χ0) is 16.4. The van der Waals surface area contributed by atoms with E-state index in [0.717, 1.165) is 23.0 Å². The third-order valence-corrected chi connectivity index (χ3v) is 5.11. The molecule has 2 atom stereocenters. The maximum Gasteiger partial charge on any atom is 0.320 e. The van der Waals surface area contributed by atoms with E-state index in [9.17, 15) is 9.90 Å². The SMILES string of the molecule is Cc1ccccc1C(c1ccc(Br)cc1)N1CCCC1C(=O)O. The van der Waals surface area contributed by atoms with E-state index in [4.69, 9.17) is 0 Å². The van der Waals surface area contributed by atoms with E-state index in [1.165, 1.54) is 11.1 Å². The predicted molar refractivity (Wildman–Crippen MR) is 94.5 cm³/mol. The highest BCUT2D eigenvalue weighted by Gasteiger charge is 2.37. The summed E-state index contributed by atoms with van der Waals surface area (Å²) >= 11 is 3.48. The third-order valence-electron chi connectivity index (χ3n) is 4.58. The van der Waals surface area contributed by atoms with Gasteiger partial charge in [0.2, 0.25) is 0 Å². The van der Waals surface area contributed by atoms with Crippen molar-refractivity contribution in [3.8, 4) is 0 Å². The van der Waals surface area contributed by atoms with Crippen molar-refractivity contribution in [3.05, 3.63) is 69.7 Å². The Bertz CT molecular complexity index is 699. The van der Waals surface area contributed by atoms with Crippen molar-refractivity contribution in [2.45, 2.75) is 31.8 Å². The first-order valence-electron chi connectivity index (χ1n) is 7.87. The number of hydrogen-bond acceptors (Lipinski definition) is 2. The zero-order valence-electron chi connectivity index (χ0n) is 13.1. The van der Waals surface area contributed by atoms with Gasteiger partial charge in [-0.3, -0.25) is 9.69 Å². The fourth-order valence-electron chi connectivity index (χ4n) is 3.45. The second kappa shape index (κ2) is 6.85. The fourth-order valence-corrected chi connectivity index (χ4v) is 3.72. The van der Waals surface area contributed by atoms with Gasteiger partial charge in [0, 0.05) is 11.0 Å². The third kappa shape index (κ3) is 3.33. The number of hydrogen-bond donors (Lipinski definition) is 1. The van der Waals surface area contributed by atoms with Crippen molar-refractivity contribution in [2.75, 3.05) is 6.54 Å². The summed E-state index contributed by atoms with van der Waals surface area (Å²) in [5, 5.41) is 9.59. The van der Waals surface area contributed by atoms with E-state index < -0.39 is 12.0 Å². The topological polar surface area (TPSA) is 40.5 Å². The van der Waals surface area contributed by atoms with Gasteiger partial charge in [-0.1, -0.05) is 52.3 Å². The molecule has 0 aliphatic carbocycles. The van der Waals surface area contributed by atoms with Gasteiger partial charge in [0.1, 0.15) is 6.04 Å². The lowest BCUT2D eigenvalue weighted by atomic mass is 9.93. The van der Waals surface area contributed by atoms with Crippen LogP contribution < -0.4 is 0 Å². The second-order valence-corrected chi connectivity index (χ2v) is 6.96. The summed E-state index contributed by atoms with van der Waals surface area (Å²) in [4.78, 5) is 13.8. The van der Waals surface area contributed by atoms with Crippen LogP contribution in [0.1, 0.15) is 35.6 Å². The molecule has 3 nitrogen and oxygen atoms in total. The number of carboxylic acids is 1. The van der Waals surface area contributed by atoms with Crippen LogP contribution in [0.2, 0.25) is 0 Å². The average molecular weight is 374 g/mol. The lowest BCUT2D eigenvalue weighted by molar-refractivity contribution is -0.142. The van der Waals surface area contributed by atoms with Crippen molar-refractivity contribution in [3.63, 3.8) is 0 Å². The monoisotopic (exact) mass is 373 g/mol. The van der Waals surface area contributed by atoms with Crippen LogP contribution in [-0.4, -0.2) is 28.6 Å². The van der Waals surface area contributed by atoms with Gasteiger partial charge in [-0.15, -0.1) is 0 Å². The Labute approximate surface area is 145 Å². The molecule has 1 aliphatic rings. The molecule has 0 bridgehead atoms. The van der Waals surface area contributed by atoms with E-state index in [0.29, 0.717) is 6.42 Å². The number of aliphatic carboxylic acids is 1. The van der Waals surface area contributed by atoms with E-state index in [1.807, 2.05) is 24.3 Å². The normalized spacial score (nSPS) is 19.7. The highest BCUT2D eigenvalue weighted by atomic mass is 79.9. The van der Waals surface area contributed by atoms with Crippen LogP contribution in [0.4, 0.5) is 0 Å². The van der Waals surface area contributed by atoms with Crippen LogP contribution in [0.5, 0.6) is 0 Å². The minimum atomic E-state index is -0.724. The van der Waals surface area contributed by atoms with Crippen molar-refractivity contribution >= 4 is 21.9 Å². The molecule has 23 heavy (non-hydrogen) atoms. The minimum Gasteiger partial charge on any atom is -0.480 e. The van der Waals surface area contributed by atoms with Gasteiger partial charge in [0.05, 0.1) is 6.04 Å². The quantitative estimate of drug-likeness (QED) is 0.863. The molecule has 2 aromatic carbocycles. The molecule has 1 N–H and O–H groups in total. The van der Waals surface area contributed by atoms with Crippen LogP contribution in [-0.2, 0) is 4.79 Å². The first kappa shape index (κ1) is 16.2. The van der Waals surface area contributed by atoms with E-state index in [-0.39, 0.29) is 6.04 Å². The molecule has 0 amide bonds. The number of aryl methyl sites for hydroxylation is 1. The van der Waals surface area contributed by atoms with Crippen LogP contribution in [0.15, 0.2) is 53.0 Å². The Morgan fingerprint density at radius 2 is 1.91 bits per heavy atom. The first-order valence-corrected chi connectivity index (χ1v) is 8.67. The summed E-state index contributed by atoms with van der Waals surface area (Å²) in [7, 11) is 0. The van der Waals surface area contributed by atoms with Gasteiger partial charge in [-0.25, -0.2) is 0 Å². The van der Waals surface area contributed by atoms with E-state index >= 15 is 0 Å². The Morgan fingerprint density at radius 1 is 1.22 bits per heavy atom. The molecule has 0 saturated carbocycles. The molecule has 0 radical (unpaired) electrons. The number of nitrogens with zero attached hydrogens (tertiary/aromatic N) is 1. The zero-order valence-corrected chi connectivity index (χ0v) is 14.7. The number of halogens is 1. The summed E-state index contributed by atoms with van der Waals surface area (Å²) in [5.41, 5.74) is 3.51. The largest absolute Gasteiger partial charge is 0.480 e. The molecule has 1 saturated heterocycles. The maximum absolute atomic E-state index is 11.7. The van der Waals surface area contributed by atoms with Crippen molar-refractivity contribution in [1.29, 1.82) is 0 Å². The van der Waals surface area contributed by atoms with Crippen molar-refractivity contribution in [1.82, 2.24) is 4.90 Å². The lowest BCUT2D eigenvalue weighted by Gasteiger charge is -2.33. The van der Waals surface area contributed by atoms with Crippen LogP contribution in [0.25, 0.3) is 0 Å². The second-order valence-electron chi connectivity index (χ2n) is 6.04. The van der Waals surface area contributed by atoms with Gasteiger partial charge < -0.3 is 5.11 Å². The standard InChI is InChI=1S/C19H20BrNO2/c1-13-5-2-3-6-16(13)18(14-8-10-15(20)11-9-14)21-12-4-7-17(21)19(22)23/h2-3,5-6,8-11,17-18H,4,7,12H2,1H3,(H,22,23). The van der Waals surface area contributed by atoms with Crippen LogP contribution >= 0.6 is 15.9 Å². The average Bonchev–Trinajstić information content (AvgIpc) is 3.01. The van der Waals surface area contributed by atoms with Gasteiger partial charge in [-0.2, -0.15) is 0 Å². The smallest absolute Gasteiger partial charge is 0.320 e. The van der Waals surface area contributed by atoms with Gasteiger partial charge in [-0.05, 0) is 48.6 Å². The van der Waals surface area contributed by atoms with Gasteiger partial charge >= 0.3 is 5.97 Å². The van der Waals surface area contributed by atoms with Gasteiger partial charge in [0.15, 0.2) is 0 Å². The fraction of sp³-hybridized carbons (Fsp3) is 0.316. The number of carbonyl (C=O) groups is 1. The Hall–Kier alpha value is -1.65. The Morgan fingerprint density at radius 3 is 2.57 bits per heavy atom. The number of likely N-dealkylation sites (tertiary alicyclic amines) is 1. The molecule has 3 rings (SSSR count). The highest BCUT2D eigenvalue weighted by molar-refractivity contribution is 9.10. The molecular formula is C19H20BrNO2. The van der Waals surface area contributed by atoms with E-state index in [2.05, 4.69) is 52.0 Å². The molecule has 120 valence electrons. The van der Waals surface area contributed by atoms with Crippen molar-refractivity contribution < 1.29 is 9.90 Å². The summed E-state index contributed by atoms with van der Waals surface area (Å²) < 4.78 is 1.03. The minimum absolute atomic E-state index is 0.0205. The summed E-state index contributed by atoms with van der Waals surface area (Å²) in [6.07, 6.45) is 1.64. The molecule has 1 aliphatic heterocycles. The molecule has 1 fully saturated rings. The predicted octanol–water partition coefficient (Wildman–Crippen LogP) is 4.40. The molecule has 4 heteroatoms. The first-order chi connectivity index (χ1) is 11.1. The molecule has 2 unspecified atom stereocenters. The van der Waals surface area contributed by atoms with Crippen LogP contribution in [0.3, 0.4) is 0 Å². The van der Waals surface area contributed by atoms with Crippen molar-refractivity contribution in [2.24, 2.45) is 0 Å². The van der Waals surface area contributed by atoms with E-state index in [1.54, 1.807) is 0 Å². The number of benzene rings is 2.